The molecule has 9 nitrogen and oxygen atoms in total. The highest BCUT2D eigenvalue weighted by molar-refractivity contribution is 5.97. The van der Waals surface area contributed by atoms with Gasteiger partial charge in [-0.1, -0.05) is 30.3 Å². The number of aromatic nitrogens is 5. The number of benzene rings is 1. The fourth-order valence-electron chi connectivity index (χ4n) is 4.99. The number of fused-ring (bicyclic) bond motifs is 2. The van der Waals surface area contributed by atoms with Crippen LogP contribution in [0.3, 0.4) is 0 Å². The lowest BCUT2D eigenvalue weighted by atomic mass is 10.1. The first-order valence-corrected chi connectivity index (χ1v) is 12.1. The number of anilines is 1. The first-order valence-electron chi connectivity index (χ1n) is 12.1. The largest absolute Gasteiger partial charge is 0.477 e. The quantitative estimate of drug-likeness (QED) is 0.370. The minimum Gasteiger partial charge on any atom is -0.477 e. The first-order chi connectivity index (χ1) is 18.0. The van der Waals surface area contributed by atoms with Crippen molar-refractivity contribution in [1.82, 2.24) is 24.1 Å². The Balaban J connectivity index is 1.53. The number of aromatic carboxylic acids is 1. The number of alkyl halides is 1. The van der Waals surface area contributed by atoms with Gasteiger partial charge < -0.3 is 19.3 Å². The summed E-state index contributed by atoms with van der Waals surface area (Å²) in [7, 11) is 1.92. The van der Waals surface area contributed by atoms with Crippen molar-refractivity contribution in [3.8, 4) is 11.3 Å². The monoisotopic (exact) mass is 500 g/mol. The van der Waals surface area contributed by atoms with Crippen molar-refractivity contribution in [2.24, 2.45) is 0 Å². The number of carboxylic acids is 1. The van der Waals surface area contributed by atoms with Crippen molar-refractivity contribution in [2.75, 3.05) is 25.2 Å². The number of rotatable bonds is 6. The molecule has 4 aromatic heterocycles. The normalized spacial score (nSPS) is 17.9. The Morgan fingerprint density at radius 3 is 2.84 bits per heavy atom. The van der Waals surface area contributed by atoms with Gasteiger partial charge in [0.05, 0.1) is 24.5 Å². The lowest BCUT2D eigenvalue weighted by molar-refractivity contribution is 0.00443. The van der Waals surface area contributed by atoms with Crippen molar-refractivity contribution in [2.45, 2.75) is 25.2 Å². The van der Waals surface area contributed by atoms with Crippen molar-refractivity contribution in [3.05, 3.63) is 78.2 Å². The summed E-state index contributed by atoms with van der Waals surface area (Å²) in [6, 6.07) is 15.2. The third-order valence-electron chi connectivity index (χ3n) is 6.81. The van der Waals surface area contributed by atoms with Gasteiger partial charge in [0, 0.05) is 49.6 Å². The van der Waals surface area contributed by atoms with Crippen LogP contribution >= 0.6 is 0 Å². The molecule has 10 heteroatoms. The summed E-state index contributed by atoms with van der Waals surface area (Å²) in [4.78, 5) is 23.3. The van der Waals surface area contributed by atoms with Gasteiger partial charge in [-0.15, -0.1) is 0 Å². The van der Waals surface area contributed by atoms with Crippen molar-refractivity contribution in [1.29, 1.82) is 0 Å². The first kappa shape index (κ1) is 23.1. The average Bonchev–Trinajstić information content (AvgIpc) is 3.51. The van der Waals surface area contributed by atoms with E-state index >= 15 is 0 Å². The van der Waals surface area contributed by atoms with E-state index in [1.54, 1.807) is 10.7 Å². The molecule has 2 atom stereocenters. The molecule has 0 spiro atoms. The Kier molecular flexibility index (Phi) is 5.80. The Labute approximate surface area is 211 Å². The minimum absolute atomic E-state index is 0.00586. The molecule has 0 saturated carbocycles. The van der Waals surface area contributed by atoms with Crippen LogP contribution in [0, 0.1) is 0 Å². The van der Waals surface area contributed by atoms with E-state index < -0.39 is 18.2 Å². The molecule has 0 amide bonds. The fourth-order valence-corrected chi connectivity index (χ4v) is 4.99. The van der Waals surface area contributed by atoms with Gasteiger partial charge in [0.15, 0.2) is 5.65 Å². The van der Waals surface area contributed by atoms with E-state index in [9.17, 15) is 14.3 Å². The zero-order valence-electron chi connectivity index (χ0n) is 20.2. The maximum Gasteiger partial charge on any atom is 0.341 e. The van der Waals surface area contributed by atoms with Gasteiger partial charge in [-0.2, -0.15) is 9.61 Å². The van der Waals surface area contributed by atoms with E-state index in [0.717, 1.165) is 16.5 Å². The molecule has 5 aromatic rings. The van der Waals surface area contributed by atoms with Crippen LogP contribution in [0.5, 0.6) is 0 Å². The van der Waals surface area contributed by atoms with Gasteiger partial charge in [-0.3, -0.25) is 0 Å². The number of carboxylic acid groups (broad SMARTS) is 1. The molecule has 1 N–H and O–H groups in total. The highest BCUT2D eigenvalue weighted by Gasteiger charge is 2.30. The van der Waals surface area contributed by atoms with Gasteiger partial charge >= 0.3 is 5.97 Å². The predicted molar refractivity (Wildman–Crippen MR) is 137 cm³/mol. The highest BCUT2D eigenvalue weighted by atomic mass is 19.1. The van der Waals surface area contributed by atoms with Crippen LogP contribution in [0.2, 0.25) is 0 Å². The number of carbonyl (C=O) groups is 1. The number of ether oxygens (including phenoxy) is 1. The topological polar surface area (TPSA) is 97.8 Å². The van der Waals surface area contributed by atoms with E-state index in [-0.39, 0.29) is 17.8 Å². The number of halogens is 1. The predicted octanol–water partition coefficient (Wildman–Crippen LogP) is 4.38. The summed E-state index contributed by atoms with van der Waals surface area (Å²) < 4.78 is 23.6. The lowest BCUT2D eigenvalue weighted by Crippen LogP contribution is -2.31. The molecule has 0 radical (unpaired) electrons. The van der Waals surface area contributed by atoms with Crippen LogP contribution in [0.15, 0.2) is 67.1 Å². The van der Waals surface area contributed by atoms with Gasteiger partial charge in [0.2, 0.25) is 0 Å². The Morgan fingerprint density at radius 1 is 1.22 bits per heavy atom. The molecule has 188 valence electrons. The van der Waals surface area contributed by atoms with Crippen LogP contribution in [-0.4, -0.2) is 61.7 Å². The fraction of sp³-hybridized carbons (Fsp3) is 0.259. The zero-order valence-corrected chi connectivity index (χ0v) is 20.2. The Morgan fingerprint density at radius 2 is 2.05 bits per heavy atom. The maximum atomic E-state index is 14.9. The summed E-state index contributed by atoms with van der Waals surface area (Å²) in [5.74, 6) is -0.432. The minimum atomic E-state index is -1.16. The van der Waals surface area contributed by atoms with E-state index in [0.29, 0.717) is 36.7 Å². The van der Waals surface area contributed by atoms with Crippen LogP contribution in [-0.2, 0) is 11.3 Å². The molecular formula is C27H25FN6O3. The van der Waals surface area contributed by atoms with Crippen LogP contribution in [0.25, 0.3) is 27.9 Å². The average molecular weight is 501 g/mol. The molecule has 0 unspecified atom stereocenters. The maximum absolute atomic E-state index is 14.9. The molecule has 1 aliphatic rings. The molecule has 0 aliphatic carbocycles. The molecule has 1 saturated heterocycles. The molecule has 0 bridgehead atoms. The van der Waals surface area contributed by atoms with Crippen molar-refractivity contribution in [3.63, 3.8) is 0 Å². The summed E-state index contributed by atoms with van der Waals surface area (Å²) >= 11 is 0. The third kappa shape index (κ3) is 4.09. The van der Waals surface area contributed by atoms with Gasteiger partial charge in [0.1, 0.15) is 23.2 Å². The molecule has 1 aliphatic heterocycles. The lowest BCUT2D eigenvalue weighted by Gasteiger charge is -2.27. The van der Waals surface area contributed by atoms with Gasteiger partial charge in [-0.25, -0.2) is 19.2 Å². The van der Waals surface area contributed by atoms with E-state index in [1.165, 1.54) is 6.20 Å². The second-order valence-corrected chi connectivity index (χ2v) is 9.21. The number of nitrogens with zero attached hydrogens (tertiary/aromatic N) is 6. The second-order valence-electron chi connectivity index (χ2n) is 9.21. The third-order valence-corrected chi connectivity index (χ3v) is 6.81. The van der Waals surface area contributed by atoms with E-state index in [1.807, 2.05) is 71.2 Å². The van der Waals surface area contributed by atoms with Crippen molar-refractivity contribution < 1.29 is 19.0 Å². The van der Waals surface area contributed by atoms with Gasteiger partial charge in [0.25, 0.3) is 0 Å². The molecule has 5 heterocycles. The Bertz CT molecular complexity index is 1600. The van der Waals surface area contributed by atoms with Gasteiger partial charge in [-0.05, 0) is 24.1 Å². The molecule has 1 aromatic carbocycles. The zero-order chi connectivity index (χ0) is 25.5. The molecule has 6 rings (SSSR count). The molecule has 1 fully saturated rings. The van der Waals surface area contributed by atoms with Crippen LogP contribution in [0.4, 0.5) is 10.2 Å². The van der Waals surface area contributed by atoms with Crippen LogP contribution in [0.1, 0.15) is 28.4 Å². The summed E-state index contributed by atoms with van der Waals surface area (Å²) in [5, 5.41) is 14.9. The SMILES string of the molecule is CN(Cc1ccccc1)c1cc(-c2cn([C@@H]3CCOC[C@H]3F)c3ncccc23)nc2c(C(=O)O)cnn12. The number of hydrogen-bond donors (Lipinski definition) is 1. The van der Waals surface area contributed by atoms with E-state index in [2.05, 4.69) is 10.1 Å². The highest BCUT2D eigenvalue weighted by Crippen LogP contribution is 2.36. The summed E-state index contributed by atoms with van der Waals surface area (Å²) in [6.07, 6.45) is 4.25. The standard InChI is InChI=1S/C27H25FN6O3/c1-32(14-17-6-3-2-4-7-17)24-12-22(31-26-19(27(35)36)13-30-34(24)26)20-15-33(23-9-11-37-16-21(23)28)25-18(20)8-5-10-29-25/h2-8,10,12-13,15,21,23H,9,11,14,16H2,1H3,(H,35,36)/t21-,23-/m1/s1. The smallest absolute Gasteiger partial charge is 0.341 e. The molecule has 37 heavy (non-hydrogen) atoms. The summed E-state index contributed by atoms with van der Waals surface area (Å²) in [6.45, 7) is 1.10. The van der Waals surface area contributed by atoms with E-state index in [4.69, 9.17) is 9.72 Å². The number of hydrogen-bond acceptors (Lipinski definition) is 6. The Hall–Kier alpha value is -4.31. The molecular weight excluding hydrogens is 475 g/mol. The van der Waals surface area contributed by atoms with Crippen LogP contribution < -0.4 is 4.90 Å². The second kappa shape index (κ2) is 9.29. The number of pyridine rings is 1. The van der Waals surface area contributed by atoms with Crippen molar-refractivity contribution >= 4 is 28.5 Å². The summed E-state index contributed by atoms with van der Waals surface area (Å²) in [5.41, 5.74) is 3.29.